The fraction of sp³-hybridized carbons (Fsp3) is 0.950. The van der Waals surface area contributed by atoms with Gasteiger partial charge in [-0.2, -0.15) is 4.81 Å². The number of hydrogen-bond donors (Lipinski definition) is 1. The highest BCUT2D eigenvalue weighted by Crippen LogP contribution is 2.45. The molecule has 5 heteroatoms. The van der Waals surface area contributed by atoms with Crippen LogP contribution in [0.25, 0.3) is 0 Å². The summed E-state index contributed by atoms with van der Waals surface area (Å²) in [6.07, 6.45) is 9.70. The molecule has 5 nitrogen and oxygen atoms in total. The maximum absolute atomic E-state index is 13.4. The predicted octanol–water partition coefficient (Wildman–Crippen LogP) is 5.00. The standard InChI is InChI=1S/C20H39NO4/c1-6-7-8-9-10-11-12-13-14-18(23)25-21(24)19(2,3)15-17(22)16-20(21,4)5/h17,22H,6-16H2,1-5H3. The Kier molecular flexibility index (Phi) is 8.36. The molecule has 0 unspecified atom stereocenters. The number of carbonyl (C=O) groups excluding carboxylic acids is 1. The Hall–Kier alpha value is -0.650. The molecule has 25 heavy (non-hydrogen) atoms. The number of aliphatic hydroxyl groups is 1. The van der Waals surface area contributed by atoms with E-state index in [1.807, 2.05) is 0 Å². The highest BCUT2D eigenvalue weighted by atomic mass is 16.9. The van der Waals surface area contributed by atoms with E-state index in [9.17, 15) is 15.1 Å². The molecule has 148 valence electrons. The second-order valence-corrected chi connectivity index (χ2v) is 8.93. The van der Waals surface area contributed by atoms with Gasteiger partial charge in [-0.05, 0) is 34.1 Å². The molecule has 1 aliphatic heterocycles. The summed E-state index contributed by atoms with van der Waals surface area (Å²) < 4.78 is 0. The third kappa shape index (κ3) is 5.93. The van der Waals surface area contributed by atoms with Crippen LogP contribution in [-0.2, 0) is 9.63 Å². The lowest BCUT2D eigenvalue weighted by Gasteiger charge is -2.61. The molecule has 1 aliphatic rings. The summed E-state index contributed by atoms with van der Waals surface area (Å²) in [6, 6.07) is 0. The van der Waals surface area contributed by atoms with Crippen molar-refractivity contribution in [3.63, 3.8) is 0 Å². The van der Waals surface area contributed by atoms with E-state index in [2.05, 4.69) is 6.92 Å². The summed E-state index contributed by atoms with van der Waals surface area (Å²) in [5.74, 6) is -0.418. The Morgan fingerprint density at radius 1 is 1.00 bits per heavy atom. The first-order valence-corrected chi connectivity index (χ1v) is 10.1. The van der Waals surface area contributed by atoms with Crippen molar-refractivity contribution >= 4 is 5.97 Å². The molecule has 1 N–H and O–H groups in total. The summed E-state index contributed by atoms with van der Waals surface area (Å²) in [6.45, 7) is 9.30. The van der Waals surface area contributed by atoms with Crippen LogP contribution in [-0.4, -0.2) is 33.1 Å². The Labute approximate surface area is 153 Å². The Balaban J connectivity index is 2.41. The summed E-state index contributed by atoms with van der Waals surface area (Å²) in [5.41, 5.74) is -1.70. The Bertz CT molecular complexity index is 402. The third-order valence-electron chi connectivity index (χ3n) is 5.53. The average molecular weight is 358 g/mol. The first-order chi connectivity index (χ1) is 11.6. The average Bonchev–Trinajstić information content (AvgIpc) is 2.47. The maximum atomic E-state index is 13.4. The number of piperidine rings is 1. The van der Waals surface area contributed by atoms with Crippen molar-refractivity contribution in [1.29, 1.82) is 0 Å². The van der Waals surface area contributed by atoms with Crippen LogP contribution in [0.4, 0.5) is 0 Å². The van der Waals surface area contributed by atoms with E-state index in [0.717, 1.165) is 19.3 Å². The van der Waals surface area contributed by atoms with Gasteiger partial charge in [-0.3, -0.25) is 4.84 Å². The SMILES string of the molecule is CCCCCCCCCCC(=O)O[N+]1([O-])C(C)(C)CC(O)CC1(C)C. The van der Waals surface area contributed by atoms with Crippen LogP contribution in [0.1, 0.15) is 105 Å². The van der Waals surface area contributed by atoms with Crippen molar-refractivity contribution in [2.45, 2.75) is 122 Å². The third-order valence-corrected chi connectivity index (χ3v) is 5.53. The van der Waals surface area contributed by atoms with Gasteiger partial charge in [-0.15, -0.1) is 0 Å². The highest BCUT2D eigenvalue weighted by molar-refractivity contribution is 5.68. The number of unbranched alkanes of at least 4 members (excludes halogenated alkanes) is 7. The molecule has 0 spiro atoms. The molecular weight excluding hydrogens is 318 g/mol. The van der Waals surface area contributed by atoms with Gasteiger partial charge in [0.15, 0.2) is 0 Å². The van der Waals surface area contributed by atoms with Crippen molar-refractivity contribution in [2.24, 2.45) is 0 Å². The quantitative estimate of drug-likeness (QED) is 0.339. The molecule has 0 saturated carbocycles. The second kappa shape index (κ2) is 9.33. The lowest BCUT2D eigenvalue weighted by atomic mass is 9.79. The fourth-order valence-electron chi connectivity index (χ4n) is 4.12. The molecule has 0 aromatic carbocycles. The molecule has 0 amide bonds. The van der Waals surface area contributed by atoms with E-state index in [0.29, 0.717) is 19.3 Å². The van der Waals surface area contributed by atoms with Crippen molar-refractivity contribution in [1.82, 2.24) is 0 Å². The summed E-state index contributed by atoms with van der Waals surface area (Å²) in [4.78, 5) is 16.7. The van der Waals surface area contributed by atoms with Crippen LogP contribution in [0, 0.1) is 5.21 Å². The van der Waals surface area contributed by atoms with Crippen LogP contribution in [0.15, 0.2) is 0 Å². The van der Waals surface area contributed by atoms with E-state index < -0.39 is 28.0 Å². The molecule has 1 saturated heterocycles. The minimum absolute atomic E-state index is 0.298. The zero-order valence-electron chi connectivity index (χ0n) is 17.0. The van der Waals surface area contributed by atoms with Crippen LogP contribution in [0.3, 0.4) is 0 Å². The largest absolute Gasteiger partial charge is 0.588 e. The van der Waals surface area contributed by atoms with Crippen molar-refractivity contribution in [3.8, 4) is 0 Å². The zero-order valence-corrected chi connectivity index (χ0v) is 17.0. The summed E-state index contributed by atoms with van der Waals surface area (Å²) in [7, 11) is 0. The van der Waals surface area contributed by atoms with Crippen molar-refractivity contribution in [2.75, 3.05) is 0 Å². The number of carbonyl (C=O) groups is 1. The van der Waals surface area contributed by atoms with Crippen LogP contribution >= 0.6 is 0 Å². The van der Waals surface area contributed by atoms with Crippen LogP contribution in [0.2, 0.25) is 0 Å². The lowest BCUT2D eigenvalue weighted by Crippen LogP contribution is -2.72. The van der Waals surface area contributed by atoms with Gasteiger partial charge in [0.2, 0.25) is 0 Å². The fourth-order valence-corrected chi connectivity index (χ4v) is 4.12. The van der Waals surface area contributed by atoms with Crippen molar-refractivity contribution < 1.29 is 19.5 Å². The number of aliphatic hydroxyl groups excluding tert-OH is 1. The normalized spacial score (nSPS) is 27.9. The maximum Gasteiger partial charge on any atom is 0.367 e. The number of hydroxylamine groups is 4. The number of hydrogen-bond acceptors (Lipinski definition) is 4. The lowest BCUT2D eigenvalue weighted by molar-refractivity contribution is -1.13. The van der Waals surface area contributed by atoms with Gasteiger partial charge in [0.25, 0.3) is 0 Å². The van der Waals surface area contributed by atoms with E-state index in [-0.39, 0.29) is 0 Å². The Morgan fingerprint density at radius 2 is 1.44 bits per heavy atom. The van der Waals surface area contributed by atoms with Gasteiger partial charge in [-0.1, -0.05) is 51.9 Å². The van der Waals surface area contributed by atoms with Crippen LogP contribution < -0.4 is 0 Å². The highest BCUT2D eigenvalue weighted by Gasteiger charge is 2.57. The van der Waals surface area contributed by atoms with E-state index in [4.69, 9.17) is 4.84 Å². The number of rotatable bonds is 10. The van der Waals surface area contributed by atoms with Crippen molar-refractivity contribution in [3.05, 3.63) is 5.21 Å². The van der Waals surface area contributed by atoms with Gasteiger partial charge in [-0.25, -0.2) is 4.79 Å². The minimum Gasteiger partial charge on any atom is -0.588 e. The van der Waals surface area contributed by atoms with E-state index >= 15 is 0 Å². The van der Waals surface area contributed by atoms with Gasteiger partial charge >= 0.3 is 5.97 Å². The summed E-state index contributed by atoms with van der Waals surface area (Å²) in [5, 5.41) is 23.4. The monoisotopic (exact) mass is 357 g/mol. The second-order valence-electron chi connectivity index (χ2n) is 8.93. The predicted molar refractivity (Wildman–Crippen MR) is 100 cm³/mol. The van der Waals surface area contributed by atoms with Gasteiger partial charge < -0.3 is 10.3 Å². The first kappa shape index (κ1) is 22.4. The topological polar surface area (TPSA) is 69.6 Å². The molecule has 0 radical (unpaired) electrons. The molecule has 0 aromatic heterocycles. The smallest absolute Gasteiger partial charge is 0.367 e. The van der Waals surface area contributed by atoms with Gasteiger partial charge in [0, 0.05) is 12.8 Å². The van der Waals surface area contributed by atoms with Gasteiger partial charge in [0.1, 0.15) is 11.1 Å². The molecule has 0 bridgehead atoms. The molecule has 1 fully saturated rings. The molecule has 1 heterocycles. The molecule has 0 aromatic rings. The minimum atomic E-state index is -1.01. The molecule has 1 rings (SSSR count). The summed E-state index contributed by atoms with van der Waals surface area (Å²) >= 11 is 0. The van der Waals surface area contributed by atoms with Crippen LogP contribution in [0.5, 0.6) is 0 Å². The molecule has 0 atom stereocenters. The number of nitrogens with zero attached hydrogens (tertiary/aromatic N) is 1. The van der Waals surface area contributed by atoms with E-state index in [1.54, 1.807) is 27.7 Å². The number of quaternary nitrogens is 1. The molecular formula is C20H39NO4. The van der Waals surface area contributed by atoms with E-state index in [1.165, 1.54) is 32.1 Å². The molecule has 0 aliphatic carbocycles. The van der Waals surface area contributed by atoms with Gasteiger partial charge in [0.05, 0.1) is 12.5 Å². The first-order valence-electron chi connectivity index (χ1n) is 10.1. The Morgan fingerprint density at radius 3 is 1.92 bits per heavy atom. The zero-order chi connectivity index (χ0) is 19.1.